The van der Waals surface area contributed by atoms with E-state index >= 15 is 0 Å². The standard InChI is InChI=1S/C10H13N3O3/c14-9(11-4-6-2-1-3-6)7-8(10(15)16)13-5-12-7/h5-6H,1-4H2,(H,11,14)(H,12,13)(H,15,16). The number of aromatic carboxylic acids is 1. The summed E-state index contributed by atoms with van der Waals surface area (Å²) >= 11 is 0. The SMILES string of the molecule is O=C(NCC1CCC1)c1nc[nH]c1C(=O)O. The Morgan fingerprint density at radius 1 is 1.56 bits per heavy atom. The van der Waals surface area contributed by atoms with Gasteiger partial charge in [-0.2, -0.15) is 0 Å². The summed E-state index contributed by atoms with van der Waals surface area (Å²) in [6.45, 7) is 0.602. The molecule has 0 bridgehead atoms. The van der Waals surface area contributed by atoms with Gasteiger partial charge in [-0.25, -0.2) is 9.78 Å². The molecule has 0 spiro atoms. The maximum Gasteiger partial charge on any atom is 0.354 e. The quantitative estimate of drug-likeness (QED) is 0.698. The van der Waals surface area contributed by atoms with Crippen LogP contribution in [0.4, 0.5) is 0 Å². The van der Waals surface area contributed by atoms with Gasteiger partial charge in [-0.1, -0.05) is 6.42 Å². The molecule has 1 heterocycles. The summed E-state index contributed by atoms with van der Waals surface area (Å²) in [5.74, 6) is -1.06. The fourth-order valence-electron chi connectivity index (χ4n) is 1.65. The van der Waals surface area contributed by atoms with E-state index < -0.39 is 11.9 Å². The molecule has 86 valence electrons. The Bertz CT molecular complexity index is 409. The Morgan fingerprint density at radius 3 is 2.88 bits per heavy atom. The first-order chi connectivity index (χ1) is 7.68. The third-order valence-corrected chi connectivity index (χ3v) is 2.84. The molecular formula is C10H13N3O3. The molecule has 1 aliphatic carbocycles. The van der Waals surface area contributed by atoms with Crippen molar-refractivity contribution in [3.63, 3.8) is 0 Å². The van der Waals surface area contributed by atoms with Gasteiger partial charge < -0.3 is 15.4 Å². The van der Waals surface area contributed by atoms with Gasteiger partial charge in [0.15, 0.2) is 11.4 Å². The smallest absolute Gasteiger partial charge is 0.354 e. The van der Waals surface area contributed by atoms with Gasteiger partial charge in [-0.15, -0.1) is 0 Å². The number of aromatic amines is 1. The van der Waals surface area contributed by atoms with Crippen molar-refractivity contribution in [1.29, 1.82) is 0 Å². The molecule has 1 amide bonds. The first kappa shape index (κ1) is 10.7. The van der Waals surface area contributed by atoms with E-state index in [9.17, 15) is 9.59 Å². The number of carbonyl (C=O) groups excluding carboxylic acids is 1. The van der Waals surface area contributed by atoms with Gasteiger partial charge in [0.25, 0.3) is 5.91 Å². The lowest BCUT2D eigenvalue weighted by atomic mass is 9.85. The van der Waals surface area contributed by atoms with E-state index in [0.717, 1.165) is 12.8 Å². The van der Waals surface area contributed by atoms with Crippen LogP contribution in [0.15, 0.2) is 6.33 Å². The lowest BCUT2D eigenvalue weighted by Crippen LogP contribution is -2.33. The number of carboxylic acid groups (broad SMARTS) is 1. The Balaban J connectivity index is 1.96. The topological polar surface area (TPSA) is 95.1 Å². The lowest BCUT2D eigenvalue weighted by molar-refractivity contribution is 0.0684. The molecular weight excluding hydrogens is 210 g/mol. The predicted octanol–water partition coefficient (Wildman–Crippen LogP) is 0.638. The number of imidazole rings is 1. The van der Waals surface area contributed by atoms with E-state index in [4.69, 9.17) is 5.11 Å². The highest BCUT2D eigenvalue weighted by molar-refractivity contribution is 6.02. The molecule has 0 atom stereocenters. The summed E-state index contributed by atoms with van der Waals surface area (Å²) < 4.78 is 0. The summed E-state index contributed by atoms with van der Waals surface area (Å²) in [4.78, 5) is 28.5. The van der Waals surface area contributed by atoms with Gasteiger partial charge in [0, 0.05) is 6.54 Å². The molecule has 16 heavy (non-hydrogen) atoms. The highest BCUT2D eigenvalue weighted by Gasteiger charge is 2.22. The summed E-state index contributed by atoms with van der Waals surface area (Å²) in [6, 6.07) is 0. The second-order valence-electron chi connectivity index (χ2n) is 3.94. The number of hydrogen-bond acceptors (Lipinski definition) is 3. The Kier molecular flexibility index (Phi) is 2.89. The molecule has 0 unspecified atom stereocenters. The fraction of sp³-hybridized carbons (Fsp3) is 0.500. The monoisotopic (exact) mass is 223 g/mol. The summed E-state index contributed by atoms with van der Waals surface area (Å²) in [7, 11) is 0. The van der Waals surface area contributed by atoms with Crippen LogP contribution in [0, 0.1) is 5.92 Å². The van der Waals surface area contributed by atoms with Crippen molar-refractivity contribution in [2.24, 2.45) is 5.92 Å². The first-order valence-electron chi connectivity index (χ1n) is 5.23. The van der Waals surface area contributed by atoms with Crippen molar-refractivity contribution >= 4 is 11.9 Å². The molecule has 1 aromatic heterocycles. The highest BCUT2D eigenvalue weighted by atomic mass is 16.4. The predicted molar refractivity (Wildman–Crippen MR) is 55.2 cm³/mol. The average molecular weight is 223 g/mol. The van der Waals surface area contributed by atoms with E-state index in [0.29, 0.717) is 12.5 Å². The summed E-state index contributed by atoms with van der Waals surface area (Å²) in [5.41, 5.74) is -0.210. The summed E-state index contributed by atoms with van der Waals surface area (Å²) in [5, 5.41) is 11.5. The molecule has 1 aliphatic rings. The van der Waals surface area contributed by atoms with Crippen molar-refractivity contribution in [2.75, 3.05) is 6.54 Å². The molecule has 3 N–H and O–H groups in total. The van der Waals surface area contributed by atoms with Crippen LogP contribution < -0.4 is 5.32 Å². The minimum Gasteiger partial charge on any atom is -0.477 e. The zero-order valence-corrected chi connectivity index (χ0v) is 8.69. The normalized spacial score (nSPS) is 15.5. The third-order valence-electron chi connectivity index (χ3n) is 2.84. The van der Waals surface area contributed by atoms with Crippen LogP contribution in [0.5, 0.6) is 0 Å². The fourth-order valence-corrected chi connectivity index (χ4v) is 1.65. The molecule has 6 heteroatoms. The molecule has 0 radical (unpaired) electrons. The van der Waals surface area contributed by atoms with Gasteiger partial charge in [-0.3, -0.25) is 4.79 Å². The number of nitrogens with one attached hydrogen (secondary N) is 2. The second kappa shape index (κ2) is 4.34. The van der Waals surface area contributed by atoms with Crippen molar-refractivity contribution in [2.45, 2.75) is 19.3 Å². The number of H-pyrrole nitrogens is 1. The molecule has 0 aromatic carbocycles. The van der Waals surface area contributed by atoms with E-state index in [1.807, 2.05) is 0 Å². The van der Waals surface area contributed by atoms with Crippen LogP contribution in [0.3, 0.4) is 0 Å². The van der Waals surface area contributed by atoms with E-state index in [1.165, 1.54) is 12.7 Å². The number of amides is 1. The molecule has 1 fully saturated rings. The number of aromatic nitrogens is 2. The first-order valence-corrected chi connectivity index (χ1v) is 5.23. The van der Waals surface area contributed by atoms with Gasteiger partial charge in [0.1, 0.15) is 0 Å². The van der Waals surface area contributed by atoms with E-state index in [2.05, 4.69) is 15.3 Å². The number of carbonyl (C=O) groups is 2. The van der Waals surface area contributed by atoms with Crippen molar-refractivity contribution < 1.29 is 14.7 Å². The minimum atomic E-state index is -1.17. The largest absolute Gasteiger partial charge is 0.477 e. The second-order valence-corrected chi connectivity index (χ2v) is 3.94. The van der Waals surface area contributed by atoms with Crippen LogP contribution in [-0.2, 0) is 0 Å². The van der Waals surface area contributed by atoms with Crippen molar-refractivity contribution in [3.8, 4) is 0 Å². The lowest BCUT2D eigenvalue weighted by Gasteiger charge is -2.25. The van der Waals surface area contributed by atoms with Crippen molar-refractivity contribution in [1.82, 2.24) is 15.3 Å². The van der Waals surface area contributed by atoms with Gasteiger partial charge in [-0.05, 0) is 18.8 Å². The molecule has 1 saturated carbocycles. The number of carboxylic acids is 1. The zero-order valence-electron chi connectivity index (χ0n) is 8.69. The minimum absolute atomic E-state index is 0.0492. The zero-order chi connectivity index (χ0) is 11.5. The molecule has 2 rings (SSSR count). The number of rotatable bonds is 4. The van der Waals surface area contributed by atoms with Crippen LogP contribution >= 0.6 is 0 Å². The average Bonchev–Trinajstić information content (AvgIpc) is 2.63. The molecule has 0 aliphatic heterocycles. The maximum absolute atomic E-state index is 11.6. The summed E-state index contributed by atoms with van der Waals surface area (Å²) in [6.07, 6.45) is 4.68. The van der Waals surface area contributed by atoms with Gasteiger partial charge >= 0.3 is 5.97 Å². The van der Waals surface area contributed by atoms with Crippen LogP contribution in [0.1, 0.15) is 40.2 Å². The van der Waals surface area contributed by atoms with Crippen LogP contribution in [0.25, 0.3) is 0 Å². The van der Waals surface area contributed by atoms with Crippen LogP contribution in [-0.4, -0.2) is 33.5 Å². The van der Waals surface area contributed by atoms with E-state index in [1.54, 1.807) is 0 Å². The highest BCUT2D eigenvalue weighted by Crippen LogP contribution is 2.25. The molecule has 0 saturated heterocycles. The number of nitrogens with zero attached hydrogens (tertiary/aromatic N) is 1. The Morgan fingerprint density at radius 2 is 2.31 bits per heavy atom. The maximum atomic E-state index is 11.6. The molecule has 6 nitrogen and oxygen atoms in total. The van der Waals surface area contributed by atoms with E-state index in [-0.39, 0.29) is 11.4 Å². The van der Waals surface area contributed by atoms with Gasteiger partial charge in [0.05, 0.1) is 6.33 Å². The van der Waals surface area contributed by atoms with Crippen LogP contribution in [0.2, 0.25) is 0 Å². The van der Waals surface area contributed by atoms with Crippen molar-refractivity contribution in [3.05, 3.63) is 17.7 Å². The Hall–Kier alpha value is -1.85. The van der Waals surface area contributed by atoms with Gasteiger partial charge in [0.2, 0.25) is 0 Å². The third kappa shape index (κ3) is 2.05. The Labute approximate surface area is 92.1 Å². The number of hydrogen-bond donors (Lipinski definition) is 3. The molecule has 1 aromatic rings.